The maximum Gasteiger partial charge on any atom is 0.337 e. The molecule has 0 saturated heterocycles. The molecule has 1 aromatic rings. The van der Waals surface area contributed by atoms with Gasteiger partial charge in [-0.05, 0) is 20.3 Å². The van der Waals surface area contributed by atoms with Crippen LogP contribution >= 0.6 is 0 Å². The molecule has 0 aliphatic carbocycles. The van der Waals surface area contributed by atoms with E-state index in [4.69, 9.17) is 9.47 Å². The van der Waals surface area contributed by atoms with E-state index in [0.717, 1.165) is 0 Å². The molecule has 17 heavy (non-hydrogen) atoms. The molecule has 1 rings (SSSR count). The average molecular weight is 242 g/mol. The summed E-state index contributed by atoms with van der Waals surface area (Å²) in [4.78, 5) is 15.4. The Kier molecular flexibility index (Phi) is 6.02. The lowest BCUT2D eigenvalue weighted by Gasteiger charge is -2.01. The Bertz CT molecular complexity index is 340. The molecule has 0 bridgehead atoms. The molecule has 1 amide bonds. The van der Waals surface area contributed by atoms with Crippen LogP contribution in [-0.4, -0.2) is 40.9 Å². The number of rotatable bonds is 8. The van der Waals surface area contributed by atoms with Crippen LogP contribution in [0, 0.1) is 0 Å². The van der Waals surface area contributed by atoms with E-state index in [2.05, 4.69) is 20.5 Å². The number of ether oxygens (including phenoxy) is 2. The zero-order valence-electron chi connectivity index (χ0n) is 10.2. The lowest BCUT2D eigenvalue weighted by molar-refractivity contribution is -0.116. The van der Waals surface area contributed by atoms with E-state index in [-0.39, 0.29) is 11.9 Å². The first-order valence-electron chi connectivity index (χ1n) is 5.69. The molecule has 0 aromatic carbocycles. The lowest BCUT2D eigenvalue weighted by atomic mass is 10.3. The zero-order chi connectivity index (χ0) is 12.5. The van der Waals surface area contributed by atoms with Gasteiger partial charge in [0.15, 0.2) is 0 Å². The monoisotopic (exact) mass is 242 g/mol. The second-order valence-electron chi connectivity index (χ2n) is 3.25. The van der Waals surface area contributed by atoms with Gasteiger partial charge in [0.1, 0.15) is 0 Å². The third-order valence-electron chi connectivity index (χ3n) is 1.89. The van der Waals surface area contributed by atoms with Gasteiger partial charge < -0.3 is 9.47 Å². The molecule has 7 nitrogen and oxygen atoms in total. The number of amides is 1. The number of anilines is 1. The van der Waals surface area contributed by atoms with E-state index in [9.17, 15) is 4.79 Å². The highest BCUT2D eigenvalue weighted by Gasteiger charge is 2.07. The summed E-state index contributed by atoms with van der Waals surface area (Å²) >= 11 is 0. The Hall–Kier alpha value is -1.63. The second-order valence-corrected chi connectivity index (χ2v) is 3.25. The Morgan fingerprint density at radius 3 is 2.94 bits per heavy atom. The smallest absolute Gasteiger partial charge is 0.337 e. The van der Waals surface area contributed by atoms with Crippen molar-refractivity contribution in [1.29, 1.82) is 0 Å². The molecule has 0 aliphatic rings. The molecule has 0 radical (unpaired) electrons. The Balaban J connectivity index is 2.24. The molecular weight excluding hydrogens is 224 g/mol. The fourth-order valence-electron chi connectivity index (χ4n) is 1.17. The highest BCUT2D eigenvalue weighted by molar-refractivity contribution is 5.88. The van der Waals surface area contributed by atoms with Crippen LogP contribution in [0.5, 0.6) is 6.01 Å². The number of H-pyrrole nitrogens is 1. The lowest BCUT2D eigenvalue weighted by Crippen LogP contribution is -2.13. The molecule has 2 N–H and O–H groups in total. The number of nitrogens with zero attached hydrogens (tertiary/aromatic N) is 2. The van der Waals surface area contributed by atoms with E-state index in [1.54, 1.807) is 0 Å². The number of aromatic nitrogens is 3. The highest BCUT2D eigenvalue weighted by Crippen LogP contribution is 2.06. The minimum absolute atomic E-state index is 0.121. The first kappa shape index (κ1) is 13.4. The van der Waals surface area contributed by atoms with Crippen molar-refractivity contribution in [3.05, 3.63) is 0 Å². The number of carbonyl (C=O) groups is 1. The SMILES string of the molecule is CCOCCCC(=O)Nc1nc(OCC)n[nH]1. The topological polar surface area (TPSA) is 89.1 Å². The minimum atomic E-state index is -0.121. The number of hydrogen-bond donors (Lipinski definition) is 2. The van der Waals surface area contributed by atoms with E-state index in [1.807, 2.05) is 13.8 Å². The Morgan fingerprint density at radius 2 is 2.24 bits per heavy atom. The van der Waals surface area contributed by atoms with Crippen molar-refractivity contribution in [3.8, 4) is 6.01 Å². The number of carbonyl (C=O) groups excluding carboxylic acids is 1. The maximum atomic E-state index is 11.4. The van der Waals surface area contributed by atoms with Gasteiger partial charge in [-0.25, -0.2) is 5.10 Å². The Labute approximate surface area is 99.9 Å². The fourth-order valence-corrected chi connectivity index (χ4v) is 1.17. The van der Waals surface area contributed by atoms with Gasteiger partial charge in [-0.15, -0.1) is 5.10 Å². The molecule has 0 atom stereocenters. The highest BCUT2D eigenvalue weighted by atomic mass is 16.5. The van der Waals surface area contributed by atoms with Crippen LogP contribution in [0.25, 0.3) is 0 Å². The van der Waals surface area contributed by atoms with Gasteiger partial charge in [-0.2, -0.15) is 4.98 Å². The van der Waals surface area contributed by atoms with Gasteiger partial charge in [0.05, 0.1) is 6.61 Å². The molecule has 0 spiro atoms. The van der Waals surface area contributed by atoms with Crippen molar-refractivity contribution in [2.75, 3.05) is 25.1 Å². The van der Waals surface area contributed by atoms with E-state index >= 15 is 0 Å². The van der Waals surface area contributed by atoms with Crippen molar-refractivity contribution < 1.29 is 14.3 Å². The molecule has 0 unspecified atom stereocenters. The first-order chi connectivity index (χ1) is 8.26. The van der Waals surface area contributed by atoms with Crippen molar-refractivity contribution in [2.45, 2.75) is 26.7 Å². The maximum absolute atomic E-state index is 11.4. The third kappa shape index (κ3) is 5.30. The summed E-state index contributed by atoms with van der Waals surface area (Å²) in [6.45, 7) is 5.50. The van der Waals surface area contributed by atoms with Crippen LogP contribution < -0.4 is 10.1 Å². The quantitative estimate of drug-likeness (QED) is 0.663. The standard InChI is InChI=1S/C10H18N4O3/c1-3-16-7-5-6-8(15)11-9-12-10(14-13-9)17-4-2/h3-7H2,1-2H3,(H2,11,12,13,14,15). The Morgan fingerprint density at radius 1 is 1.41 bits per heavy atom. The summed E-state index contributed by atoms with van der Waals surface area (Å²) in [5.74, 6) is 0.179. The van der Waals surface area contributed by atoms with E-state index in [1.165, 1.54) is 0 Å². The molecule has 0 saturated carbocycles. The number of nitrogens with one attached hydrogen (secondary N) is 2. The molecule has 1 aromatic heterocycles. The first-order valence-corrected chi connectivity index (χ1v) is 5.69. The van der Waals surface area contributed by atoms with Crippen LogP contribution in [0.3, 0.4) is 0 Å². The predicted molar refractivity (Wildman–Crippen MR) is 61.9 cm³/mol. The van der Waals surface area contributed by atoms with Gasteiger partial charge in [-0.1, -0.05) is 0 Å². The third-order valence-corrected chi connectivity index (χ3v) is 1.89. The predicted octanol–water partition coefficient (Wildman–Crippen LogP) is 0.959. The summed E-state index contributed by atoms with van der Waals surface area (Å²) in [7, 11) is 0. The van der Waals surface area contributed by atoms with Crippen molar-refractivity contribution >= 4 is 11.9 Å². The minimum Gasteiger partial charge on any atom is -0.463 e. The molecular formula is C10H18N4O3. The van der Waals surface area contributed by atoms with Gasteiger partial charge in [0.25, 0.3) is 0 Å². The molecule has 96 valence electrons. The van der Waals surface area contributed by atoms with Crippen molar-refractivity contribution in [1.82, 2.24) is 15.2 Å². The van der Waals surface area contributed by atoms with Crippen molar-refractivity contribution in [2.24, 2.45) is 0 Å². The van der Waals surface area contributed by atoms with Gasteiger partial charge >= 0.3 is 6.01 Å². The fraction of sp³-hybridized carbons (Fsp3) is 0.700. The van der Waals surface area contributed by atoms with Crippen LogP contribution in [0.15, 0.2) is 0 Å². The summed E-state index contributed by atoms with van der Waals surface area (Å²) in [6, 6.07) is 0.233. The van der Waals surface area contributed by atoms with Crippen LogP contribution in [0.2, 0.25) is 0 Å². The number of aromatic amines is 1. The van der Waals surface area contributed by atoms with Gasteiger partial charge in [0.2, 0.25) is 11.9 Å². The van der Waals surface area contributed by atoms with E-state index < -0.39 is 0 Å². The summed E-state index contributed by atoms with van der Waals surface area (Å²) in [5.41, 5.74) is 0. The molecule has 0 fully saturated rings. The zero-order valence-corrected chi connectivity index (χ0v) is 10.2. The summed E-state index contributed by atoms with van der Waals surface area (Å²) in [6.07, 6.45) is 1.08. The average Bonchev–Trinajstić information content (AvgIpc) is 2.73. The number of hydrogen-bond acceptors (Lipinski definition) is 5. The second kappa shape index (κ2) is 7.61. The van der Waals surface area contributed by atoms with Crippen LogP contribution in [0.4, 0.5) is 5.95 Å². The van der Waals surface area contributed by atoms with Crippen LogP contribution in [-0.2, 0) is 9.53 Å². The van der Waals surface area contributed by atoms with Gasteiger partial charge in [0, 0.05) is 19.6 Å². The largest absolute Gasteiger partial charge is 0.463 e. The van der Waals surface area contributed by atoms with Crippen LogP contribution in [0.1, 0.15) is 26.7 Å². The van der Waals surface area contributed by atoms with Crippen molar-refractivity contribution in [3.63, 3.8) is 0 Å². The van der Waals surface area contributed by atoms with E-state index in [0.29, 0.717) is 38.6 Å². The molecule has 0 aliphatic heterocycles. The molecule has 1 heterocycles. The summed E-state index contributed by atoms with van der Waals surface area (Å²) < 4.78 is 10.2. The molecule has 7 heteroatoms. The summed E-state index contributed by atoms with van der Waals surface area (Å²) in [5, 5.41) is 8.94. The normalized spacial score (nSPS) is 10.2. The van der Waals surface area contributed by atoms with Gasteiger partial charge in [-0.3, -0.25) is 10.1 Å².